The summed E-state index contributed by atoms with van der Waals surface area (Å²) in [4.78, 5) is 0. The zero-order valence-electron chi connectivity index (χ0n) is 12.9. The number of rotatable bonds is 6. The van der Waals surface area contributed by atoms with Gasteiger partial charge >= 0.3 is 0 Å². The average Bonchev–Trinajstić information content (AvgIpc) is 2.93. The normalized spacial score (nSPS) is 29.3. The van der Waals surface area contributed by atoms with Crippen LogP contribution in [0.25, 0.3) is 0 Å². The van der Waals surface area contributed by atoms with Crippen LogP contribution in [-0.2, 0) is 0 Å². The van der Waals surface area contributed by atoms with E-state index >= 15 is 0 Å². The number of nitrogens with two attached hydrogens (primary N) is 1. The van der Waals surface area contributed by atoms with Crippen LogP contribution in [0.4, 0.5) is 0 Å². The number of aliphatic hydroxyl groups excluding tert-OH is 1. The molecule has 4 atom stereocenters. The van der Waals surface area contributed by atoms with Gasteiger partial charge in [0.05, 0.1) is 6.10 Å². The van der Waals surface area contributed by atoms with Gasteiger partial charge in [0.2, 0.25) is 0 Å². The molecular weight excluding hydrogens is 246 g/mol. The van der Waals surface area contributed by atoms with Gasteiger partial charge in [-0.05, 0) is 43.1 Å². The van der Waals surface area contributed by atoms with Crippen molar-refractivity contribution in [3.63, 3.8) is 0 Å². The first-order chi connectivity index (χ1) is 9.61. The summed E-state index contributed by atoms with van der Waals surface area (Å²) < 4.78 is 0. The van der Waals surface area contributed by atoms with Gasteiger partial charge in [-0.1, -0.05) is 50.6 Å². The minimum Gasteiger partial charge on any atom is -0.392 e. The molecule has 0 amide bonds. The van der Waals surface area contributed by atoms with E-state index in [2.05, 4.69) is 38.1 Å². The van der Waals surface area contributed by atoms with Crippen LogP contribution in [-0.4, -0.2) is 17.8 Å². The maximum absolute atomic E-state index is 10.8. The molecule has 3 N–H and O–H groups in total. The maximum atomic E-state index is 10.8. The number of benzene rings is 1. The minimum absolute atomic E-state index is 0.0380. The van der Waals surface area contributed by atoms with Crippen LogP contribution in [0, 0.1) is 11.3 Å². The number of hydrogen-bond acceptors (Lipinski definition) is 2. The van der Waals surface area contributed by atoms with Crippen molar-refractivity contribution in [2.75, 3.05) is 6.54 Å². The summed E-state index contributed by atoms with van der Waals surface area (Å²) in [7, 11) is 0. The molecule has 0 bridgehead atoms. The van der Waals surface area contributed by atoms with Crippen molar-refractivity contribution in [3.05, 3.63) is 35.9 Å². The average molecular weight is 275 g/mol. The molecular formula is C18H29NO. The summed E-state index contributed by atoms with van der Waals surface area (Å²) in [6, 6.07) is 10.5. The Morgan fingerprint density at radius 3 is 2.60 bits per heavy atom. The summed E-state index contributed by atoms with van der Waals surface area (Å²) in [5, 5.41) is 10.8. The fourth-order valence-corrected chi connectivity index (χ4v) is 3.75. The van der Waals surface area contributed by atoms with Gasteiger partial charge in [-0.15, -0.1) is 0 Å². The lowest BCUT2D eigenvalue weighted by Gasteiger charge is -2.35. The Morgan fingerprint density at radius 2 is 2.05 bits per heavy atom. The SMILES string of the molecule is CCC1CCC(CN)(C(O)CC(C)c2ccccc2)C1. The largest absolute Gasteiger partial charge is 0.392 e. The van der Waals surface area contributed by atoms with Gasteiger partial charge in [0.15, 0.2) is 0 Å². The predicted molar refractivity (Wildman–Crippen MR) is 84.6 cm³/mol. The van der Waals surface area contributed by atoms with E-state index in [4.69, 9.17) is 5.73 Å². The first-order valence-corrected chi connectivity index (χ1v) is 8.04. The molecule has 112 valence electrons. The zero-order valence-corrected chi connectivity index (χ0v) is 12.9. The van der Waals surface area contributed by atoms with Crippen LogP contribution in [0.5, 0.6) is 0 Å². The topological polar surface area (TPSA) is 46.2 Å². The quantitative estimate of drug-likeness (QED) is 0.831. The highest BCUT2D eigenvalue weighted by molar-refractivity contribution is 5.19. The molecule has 0 radical (unpaired) electrons. The van der Waals surface area contributed by atoms with Gasteiger partial charge in [0.1, 0.15) is 0 Å². The van der Waals surface area contributed by atoms with E-state index in [1.54, 1.807) is 0 Å². The van der Waals surface area contributed by atoms with Crippen molar-refractivity contribution in [1.29, 1.82) is 0 Å². The summed E-state index contributed by atoms with van der Waals surface area (Å²) >= 11 is 0. The smallest absolute Gasteiger partial charge is 0.0614 e. The molecule has 4 unspecified atom stereocenters. The first-order valence-electron chi connectivity index (χ1n) is 8.04. The van der Waals surface area contributed by atoms with Crippen molar-refractivity contribution in [1.82, 2.24) is 0 Å². The van der Waals surface area contributed by atoms with E-state index < -0.39 is 0 Å². The summed E-state index contributed by atoms with van der Waals surface area (Å²) in [6.45, 7) is 5.07. The molecule has 20 heavy (non-hydrogen) atoms. The van der Waals surface area contributed by atoms with Crippen LogP contribution < -0.4 is 5.73 Å². The maximum Gasteiger partial charge on any atom is 0.0614 e. The zero-order chi connectivity index (χ0) is 14.6. The third-order valence-corrected chi connectivity index (χ3v) is 5.38. The highest BCUT2D eigenvalue weighted by Gasteiger charge is 2.43. The molecule has 1 fully saturated rings. The molecule has 0 heterocycles. The van der Waals surface area contributed by atoms with E-state index in [1.807, 2.05) is 6.07 Å². The first kappa shape index (κ1) is 15.5. The Hall–Kier alpha value is -0.860. The monoisotopic (exact) mass is 275 g/mol. The van der Waals surface area contributed by atoms with Crippen molar-refractivity contribution in [3.8, 4) is 0 Å². The lowest BCUT2D eigenvalue weighted by molar-refractivity contribution is 0.0208. The van der Waals surface area contributed by atoms with E-state index in [0.717, 1.165) is 25.2 Å². The van der Waals surface area contributed by atoms with Crippen molar-refractivity contribution >= 4 is 0 Å². The highest BCUT2D eigenvalue weighted by Crippen LogP contribution is 2.46. The molecule has 0 saturated heterocycles. The molecule has 1 aromatic rings. The van der Waals surface area contributed by atoms with Crippen LogP contribution in [0.1, 0.15) is 57.4 Å². The highest BCUT2D eigenvalue weighted by atomic mass is 16.3. The third-order valence-electron chi connectivity index (χ3n) is 5.38. The van der Waals surface area contributed by atoms with Crippen LogP contribution >= 0.6 is 0 Å². The molecule has 1 aliphatic carbocycles. The fraction of sp³-hybridized carbons (Fsp3) is 0.667. The minimum atomic E-state index is -0.278. The summed E-state index contributed by atoms with van der Waals surface area (Å²) in [5.74, 6) is 1.13. The fourth-order valence-electron chi connectivity index (χ4n) is 3.75. The van der Waals surface area contributed by atoms with Gasteiger partial charge in [0.25, 0.3) is 0 Å². The van der Waals surface area contributed by atoms with Gasteiger partial charge in [-0.25, -0.2) is 0 Å². The Balaban J connectivity index is 2.01. The van der Waals surface area contributed by atoms with Crippen LogP contribution in [0.15, 0.2) is 30.3 Å². The second-order valence-electron chi connectivity index (χ2n) is 6.65. The lowest BCUT2D eigenvalue weighted by Crippen LogP contribution is -2.40. The third kappa shape index (κ3) is 3.24. The molecule has 2 heteroatoms. The summed E-state index contributed by atoms with van der Waals surface area (Å²) in [5.41, 5.74) is 7.31. The standard InChI is InChI=1S/C18H29NO/c1-3-15-9-10-18(12-15,13-19)17(20)11-14(2)16-7-5-4-6-8-16/h4-8,14-15,17,20H,3,9-13,19H2,1-2H3. The lowest BCUT2D eigenvalue weighted by atomic mass is 9.75. The molecule has 0 aromatic heterocycles. The molecule has 1 saturated carbocycles. The Morgan fingerprint density at radius 1 is 1.35 bits per heavy atom. The Kier molecular flexibility index (Phi) is 5.22. The molecule has 2 nitrogen and oxygen atoms in total. The van der Waals surface area contributed by atoms with E-state index in [9.17, 15) is 5.11 Å². The molecule has 1 aromatic carbocycles. The summed E-state index contributed by atoms with van der Waals surface area (Å²) in [6.07, 6.45) is 5.16. The Bertz CT molecular complexity index is 405. The molecule has 0 spiro atoms. The molecule has 2 rings (SSSR count). The van der Waals surface area contributed by atoms with E-state index in [1.165, 1.54) is 18.4 Å². The van der Waals surface area contributed by atoms with Crippen LogP contribution in [0.3, 0.4) is 0 Å². The van der Waals surface area contributed by atoms with E-state index in [-0.39, 0.29) is 11.5 Å². The van der Waals surface area contributed by atoms with Crippen LogP contribution in [0.2, 0.25) is 0 Å². The van der Waals surface area contributed by atoms with Crippen molar-refractivity contribution in [2.24, 2.45) is 17.1 Å². The van der Waals surface area contributed by atoms with Crippen molar-refractivity contribution < 1.29 is 5.11 Å². The second-order valence-corrected chi connectivity index (χ2v) is 6.65. The predicted octanol–water partition coefficient (Wildman–Crippen LogP) is 3.70. The Labute approximate surface area is 123 Å². The van der Waals surface area contributed by atoms with Gasteiger partial charge in [-0.3, -0.25) is 0 Å². The molecule has 0 aliphatic heterocycles. The van der Waals surface area contributed by atoms with Gasteiger partial charge in [-0.2, -0.15) is 0 Å². The number of hydrogen-bond donors (Lipinski definition) is 2. The van der Waals surface area contributed by atoms with Gasteiger partial charge < -0.3 is 10.8 Å². The van der Waals surface area contributed by atoms with E-state index in [0.29, 0.717) is 12.5 Å². The van der Waals surface area contributed by atoms with Crippen molar-refractivity contribution in [2.45, 2.75) is 58.0 Å². The second kappa shape index (κ2) is 6.73. The molecule has 1 aliphatic rings. The number of aliphatic hydroxyl groups is 1. The van der Waals surface area contributed by atoms with Gasteiger partial charge in [0, 0.05) is 12.0 Å².